The first-order valence-corrected chi connectivity index (χ1v) is 7.88. The van der Waals surface area contributed by atoms with Crippen molar-refractivity contribution in [3.05, 3.63) is 35.8 Å². The molecule has 1 aromatic rings. The Labute approximate surface area is 144 Å². The van der Waals surface area contributed by atoms with E-state index in [-0.39, 0.29) is 6.61 Å². The number of rotatable bonds is 2. The van der Waals surface area contributed by atoms with E-state index in [0.29, 0.717) is 24.0 Å². The summed E-state index contributed by atoms with van der Waals surface area (Å²) in [7, 11) is 0. The summed E-state index contributed by atoms with van der Waals surface area (Å²) in [5.74, 6) is 0. The Bertz CT molecular complexity index is 649. The van der Waals surface area contributed by atoms with Gasteiger partial charge in [0.25, 0.3) is 0 Å². The van der Waals surface area contributed by atoms with Crippen LogP contribution in [0.4, 0.5) is 18.0 Å². The third kappa shape index (κ3) is 4.94. The van der Waals surface area contributed by atoms with Gasteiger partial charge < -0.3 is 9.84 Å². The summed E-state index contributed by atoms with van der Waals surface area (Å²) in [5.41, 5.74) is -0.502. The summed E-state index contributed by atoms with van der Waals surface area (Å²) >= 11 is 0. The number of allylic oxidation sites excluding steroid dienone is 1. The third-order valence-electron chi connectivity index (χ3n) is 3.67. The van der Waals surface area contributed by atoms with Crippen molar-refractivity contribution in [2.45, 2.75) is 51.4 Å². The molecular formula is C17H21F3N2O3. The molecule has 2 heterocycles. The summed E-state index contributed by atoms with van der Waals surface area (Å²) in [6.07, 6.45) is -1.46. The molecule has 1 N–H and O–H groups in total. The lowest BCUT2D eigenvalue weighted by atomic mass is 9.96. The molecule has 0 saturated heterocycles. The molecular weight excluding hydrogens is 337 g/mol. The highest BCUT2D eigenvalue weighted by molar-refractivity contribution is 5.75. The molecule has 1 atom stereocenters. The van der Waals surface area contributed by atoms with E-state index < -0.39 is 29.6 Å². The van der Waals surface area contributed by atoms with Crippen molar-refractivity contribution in [3.63, 3.8) is 0 Å². The van der Waals surface area contributed by atoms with Gasteiger partial charge in [0.2, 0.25) is 0 Å². The molecule has 1 aliphatic rings. The number of aliphatic hydroxyl groups is 1. The SMILES string of the molecule is CC(C)(C)OC(=O)N1C=C(c2ccc(C(F)(F)F)nc2)CCC1CO. The second-order valence-electron chi connectivity index (χ2n) is 6.85. The summed E-state index contributed by atoms with van der Waals surface area (Å²) in [6.45, 7) is 4.96. The van der Waals surface area contributed by atoms with E-state index in [0.717, 1.165) is 12.3 Å². The average Bonchev–Trinajstić information content (AvgIpc) is 2.52. The van der Waals surface area contributed by atoms with Crippen LogP contribution in [-0.2, 0) is 10.9 Å². The first kappa shape index (κ1) is 19.2. The molecule has 8 heteroatoms. The van der Waals surface area contributed by atoms with Crippen molar-refractivity contribution < 1.29 is 27.8 Å². The van der Waals surface area contributed by atoms with Crippen LogP contribution in [0.2, 0.25) is 0 Å². The molecule has 1 amide bonds. The molecule has 0 radical (unpaired) electrons. The number of hydrogen-bond acceptors (Lipinski definition) is 4. The number of amides is 1. The van der Waals surface area contributed by atoms with E-state index in [1.54, 1.807) is 20.8 Å². The Morgan fingerprint density at radius 2 is 2.04 bits per heavy atom. The van der Waals surface area contributed by atoms with Gasteiger partial charge in [0.05, 0.1) is 12.6 Å². The lowest BCUT2D eigenvalue weighted by Gasteiger charge is -2.34. The highest BCUT2D eigenvalue weighted by Crippen LogP contribution is 2.31. The molecule has 1 aromatic heterocycles. The third-order valence-corrected chi connectivity index (χ3v) is 3.67. The number of aliphatic hydroxyl groups excluding tert-OH is 1. The normalized spacial score (nSPS) is 18.8. The van der Waals surface area contributed by atoms with Crippen molar-refractivity contribution in [2.24, 2.45) is 0 Å². The molecule has 0 aliphatic carbocycles. The number of carbonyl (C=O) groups excluding carboxylic acids is 1. The van der Waals surface area contributed by atoms with Gasteiger partial charge in [-0.05, 0) is 50.8 Å². The van der Waals surface area contributed by atoms with Crippen LogP contribution in [0.3, 0.4) is 0 Å². The Hall–Kier alpha value is -2.09. The van der Waals surface area contributed by atoms with Crippen LogP contribution in [0.5, 0.6) is 0 Å². The van der Waals surface area contributed by atoms with Crippen molar-refractivity contribution >= 4 is 11.7 Å². The monoisotopic (exact) mass is 358 g/mol. The molecule has 0 spiro atoms. The van der Waals surface area contributed by atoms with Gasteiger partial charge in [-0.1, -0.05) is 6.07 Å². The summed E-state index contributed by atoms with van der Waals surface area (Å²) in [6, 6.07) is 1.81. The topological polar surface area (TPSA) is 62.7 Å². The second kappa shape index (κ2) is 7.03. The van der Waals surface area contributed by atoms with Crippen LogP contribution in [-0.4, -0.2) is 39.3 Å². The van der Waals surface area contributed by atoms with Gasteiger partial charge in [-0.2, -0.15) is 13.2 Å². The van der Waals surface area contributed by atoms with Crippen molar-refractivity contribution in [1.82, 2.24) is 9.88 Å². The highest BCUT2D eigenvalue weighted by Gasteiger charge is 2.33. The summed E-state index contributed by atoms with van der Waals surface area (Å²) in [4.78, 5) is 17.1. The first-order chi connectivity index (χ1) is 11.5. The van der Waals surface area contributed by atoms with E-state index in [1.807, 2.05) is 0 Å². The van der Waals surface area contributed by atoms with E-state index in [9.17, 15) is 23.1 Å². The zero-order valence-electron chi connectivity index (χ0n) is 14.3. The van der Waals surface area contributed by atoms with Crippen LogP contribution in [0.1, 0.15) is 44.9 Å². The molecule has 1 unspecified atom stereocenters. The summed E-state index contributed by atoms with van der Waals surface area (Å²) < 4.78 is 43.2. The number of halogens is 3. The fraction of sp³-hybridized carbons (Fsp3) is 0.529. The molecule has 0 saturated carbocycles. The van der Waals surface area contributed by atoms with Crippen LogP contribution in [0.15, 0.2) is 24.5 Å². The summed E-state index contributed by atoms with van der Waals surface area (Å²) in [5, 5.41) is 9.48. The zero-order valence-corrected chi connectivity index (χ0v) is 14.3. The van der Waals surface area contributed by atoms with Gasteiger partial charge in [-0.3, -0.25) is 9.88 Å². The number of pyridine rings is 1. The maximum absolute atomic E-state index is 12.6. The minimum absolute atomic E-state index is 0.228. The van der Waals surface area contributed by atoms with E-state index in [2.05, 4.69) is 4.98 Å². The Morgan fingerprint density at radius 1 is 1.36 bits per heavy atom. The van der Waals surface area contributed by atoms with Crippen LogP contribution in [0.25, 0.3) is 5.57 Å². The molecule has 138 valence electrons. The molecule has 0 fully saturated rings. The Balaban J connectivity index is 2.27. The number of aromatic nitrogens is 1. The number of carbonyl (C=O) groups is 1. The van der Waals surface area contributed by atoms with Crippen molar-refractivity contribution in [2.75, 3.05) is 6.61 Å². The van der Waals surface area contributed by atoms with E-state index >= 15 is 0 Å². The fourth-order valence-corrected chi connectivity index (χ4v) is 2.47. The quantitative estimate of drug-likeness (QED) is 0.873. The predicted molar refractivity (Wildman–Crippen MR) is 85.4 cm³/mol. The Morgan fingerprint density at radius 3 is 2.52 bits per heavy atom. The number of nitrogens with zero attached hydrogens (tertiary/aromatic N) is 2. The van der Waals surface area contributed by atoms with Gasteiger partial charge in [0, 0.05) is 12.4 Å². The molecule has 0 bridgehead atoms. The number of alkyl halides is 3. The lowest BCUT2D eigenvalue weighted by Crippen LogP contribution is -2.43. The number of ether oxygens (including phenoxy) is 1. The molecule has 5 nitrogen and oxygen atoms in total. The fourth-order valence-electron chi connectivity index (χ4n) is 2.47. The highest BCUT2D eigenvalue weighted by atomic mass is 19.4. The van der Waals surface area contributed by atoms with Crippen LogP contribution >= 0.6 is 0 Å². The molecule has 1 aliphatic heterocycles. The lowest BCUT2D eigenvalue weighted by molar-refractivity contribution is -0.141. The smallest absolute Gasteiger partial charge is 0.433 e. The van der Waals surface area contributed by atoms with Crippen LogP contribution in [0, 0.1) is 0 Å². The maximum atomic E-state index is 12.6. The number of hydrogen-bond donors (Lipinski definition) is 1. The molecule has 2 rings (SSSR count). The molecule has 0 aromatic carbocycles. The van der Waals surface area contributed by atoms with E-state index in [1.165, 1.54) is 17.2 Å². The zero-order chi connectivity index (χ0) is 18.8. The van der Waals surface area contributed by atoms with Crippen molar-refractivity contribution in [1.29, 1.82) is 0 Å². The first-order valence-electron chi connectivity index (χ1n) is 7.88. The van der Waals surface area contributed by atoms with Crippen LogP contribution < -0.4 is 0 Å². The van der Waals surface area contributed by atoms with Gasteiger partial charge in [-0.25, -0.2) is 4.79 Å². The minimum Gasteiger partial charge on any atom is -0.443 e. The molecule has 25 heavy (non-hydrogen) atoms. The Kier molecular flexibility index (Phi) is 5.41. The predicted octanol–water partition coefficient (Wildman–Crippen LogP) is 3.83. The van der Waals surface area contributed by atoms with Gasteiger partial charge in [0.1, 0.15) is 11.3 Å². The standard InChI is InChI=1S/C17H21F3N2O3/c1-16(2,3)25-15(24)22-9-12(4-6-13(22)10-23)11-5-7-14(21-8-11)17(18,19)20/h5,7-9,13,23H,4,6,10H2,1-3H3. The van der Waals surface area contributed by atoms with Gasteiger partial charge in [-0.15, -0.1) is 0 Å². The second-order valence-corrected chi connectivity index (χ2v) is 6.85. The minimum atomic E-state index is -4.50. The van der Waals surface area contributed by atoms with Gasteiger partial charge >= 0.3 is 12.3 Å². The maximum Gasteiger partial charge on any atom is 0.433 e. The average molecular weight is 358 g/mol. The van der Waals surface area contributed by atoms with E-state index in [4.69, 9.17) is 4.74 Å². The van der Waals surface area contributed by atoms with Crippen molar-refractivity contribution in [3.8, 4) is 0 Å². The van der Waals surface area contributed by atoms with Gasteiger partial charge in [0.15, 0.2) is 0 Å². The largest absolute Gasteiger partial charge is 0.443 e.